The molecule has 1 aliphatic carbocycles. The van der Waals surface area contributed by atoms with Crippen molar-refractivity contribution in [3.05, 3.63) is 0 Å². The van der Waals surface area contributed by atoms with Gasteiger partial charge in [0.2, 0.25) is 0 Å². The zero-order valence-electron chi connectivity index (χ0n) is 13.6. The highest BCUT2D eigenvalue weighted by Crippen LogP contribution is 2.38. The van der Waals surface area contributed by atoms with Crippen LogP contribution in [0.4, 0.5) is 13.2 Å². The first kappa shape index (κ1) is 19.3. The van der Waals surface area contributed by atoms with Crippen molar-refractivity contribution >= 4 is 5.97 Å². The Morgan fingerprint density at radius 2 is 1.82 bits per heavy atom. The van der Waals surface area contributed by atoms with Crippen LogP contribution in [0.25, 0.3) is 0 Å². The first-order valence-corrected chi connectivity index (χ1v) is 8.08. The number of carbonyl (C=O) groups excluding carboxylic acids is 1. The summed E-state index contributed by atoms with van der Waals surface area (Å²) in [4.78, 5) is 12.0. The van der Waals surface area contributed by atoms with E-state index in [2.05, 4.69) is 0 Å². The van der Waals surface area contributed by atoms with Crippen molar-refractivity contribution in [2.75, 3.05) is 0 Å². The quantitative estimate of drug-likeness (QED) is 0.744. The summed E-state index contributed by atoms with van der Waals surface area (Å²) >= 11 is 0. The maximum Gasteiger partial charge on any atom is 0.417 e. The highest BCUT2D eigenvalue weighted by atomic mass is 19.4. The van der Waals surface area contributed by atoms with Crippen LogP contribution >= 0.6 is 0 Å². The fourth-order valence-corrected chi connectivity index (χ4v) is 2.75. The molecule has 0 spiro atoms. The number of alkyl halides is 3. The van der Waals surface area contributed by atoms with Crippen molar-refractivity contribution in [2.24, 2.45) is 11.8 Å². The smallest absolute Gasteiger partial charge is 0.417 e. The molecule has 0 aromatic rings. The molecule has 22 heavy (non-hydrogen) atoms. The molecular formula is C16H27F3O3. The van der Waals surface area contributed by atoms with Crippen LogP contribution < -0.4 is 0 Å². The Morgan fingerprint density at radius 1 is 1.27 bits per heavy atom. The molecular weight excluding hydrogens is 297 g/mol. The maximum absolute atomic E-state index is 12.9. The van der Waals surface area contributed by atoms with Gasteiger partial charge >= 0.3 is 12.1 Å². The van der Waals surface area contributed by atoms with Crippen LogP contribution in [0.2, 0.25) is 0 Å². The van der Waals surface area contributed by atoms with Crippen LogP contribution in [0.3, 0.4) is 0 Å². The summed E-state index contributed by atoms with van der Waals surface area (Å²) in [6, 6.07) is 0. The minimum absolute atomic E-state index is 0.101. The molecule has 0 aromatic carbocycles. The van der Waals surface area contributed by atoms with Crippen LogP contribution in [-0.4, -0.2) is 29.0 Å². The van der Waals surface area contributed by atoms with Gasteiger partial charge in [-0.3, -0.25) is 4.79 Å². The van der Waals surface area contributed by atoms with Crippen molar-refractivity contribution in [3.8, 4) is 0 Å². The predicted molar refractivity (Wildman–Crippen MR) is 77.2 cm³/mol. The van der Waals surface area contributed by atoms with Crippen molar-refractivity contribution in [1.29, 1.82) is 0 Å². The molecule has 0 aromatic heterocycles. The number of hydrogen-bond donors (Lipinski definition) is 1. The van der Waals surface area contributed by atoms with E-state index in [1.807, 2.05) is 6.92 Å². The maximum atomic E-state index is 12.9. The van der Waals surface area contributed by atoms with E-state index >= 15 is 0 Å². The number of aliphatic hydroxyl groups is 1. The van der Waals surface area contributed by atoms with Gasteiger partial charge in [-0.15, -0.1) is 0 Å². The summed E-state index contributed by atoms with van der Waals surface area (Å²) in [5, 5.41) is 9.74. The summed E-state index contributed by atoms with van der Waals surface area (Å²) in [5.74, 6) is -0.923. The normalized spacial score (nSPS) is 22.7. The Labute approximate surface area is 130 Å². The number of rotatable bonds is 6. The average Bonchev–Trinajstić information content (AvgIpc) is 2.45. The summed E-state index contributed by atoms with van der Waals surface area (Å²) in [6.45, 7) is 4.27. The van der Waals surface area contributed by atoms with E-state index in [9.17, 15) is 23.1 Å². The molecule has 0 radical (unpaired) electrons. The number of halogens is 3. The van der Waals surface area contributed by atoms with Crippen LogP contribution in [0.15, 0.2) is 0 Å². The minimum atomic E-state index is -4.73. The fraction of sp³-hybridized carbons (Fsp3) is 0.938. The second-order valence-corrected chi connectivity index (χ2v) is 6.66. The Morgan fingerprint density at radius 3 is 2.27 bits per heavy atom. The third-order valence-electron chi connectivity index (χ3n) is 4.67. The standard InChI is InChI=1S/C16H27F3O3/c1-4-11(2)14(20)22-13(12-8-6-5-7-9-12)10-15(3,21)16(17,18)19/h11-13,21H,4-10H2,1-3H3. The predicted octanol–water partition coefficient (Wildman–Crippen LogP) is 4.23. The third kappa shape index (κ3) is 5.14. The van der Waals surface area contributed by atoms with Gasteiger partial charge in [0.15, 0.2) is 5.60 Å². The zero-order valence-corrected chi connectivity index (χ0v) is 13.6. The Balaban J connectivity index is 2.84. The summed E-state index contributed by atoms with van der Waals surface area (Å²) in [6.07, 6.45) is -1.24. The zero-order chi connectivity index (χ0) is 17.0. The first-order valence-electron chi connectivity index (χ1n) is 8.08. The summed E-state index contributed by atoms with van der Waals surface area (Å²) < 4.78 is 44.2. The largest absolute Gasteiger partial charge is 0.462 e. The van der Waals surface area contributed by atoms with Crippen LogP contribution in [0.1, 0.15) is 65.7 Å². The number of ether oxygens (including phenoxy) is 1. The molecule has 1 fully saturated rings. The van der Waals surface area contributed by atoms with Gasteiger partial charge in [0.25, 0.3) is 0 Å². The van der Waals surface area contributed by atoms with Crippen molar-refractivity contribution in [1.82, 2.24) is 0 Å². The molecule has 1 saturated carbocycles. The van der Waals surface area contributed by atoms with Gasteiger partial charge in [-0.2, -0.15) is 13.2 Å². The van der Waals surface area contributed by atoms with E-state index in [1.165, 1.54) is 0 Å². The fourth-order valence-electron chi connectivity index (χ4n) is 2.75. The molecule has 3 nitrogen and oxygen atoms in total. The second kappa shape index (κ2) is 7.66. The molecule has 130 valence electrons. The van der Waals surface area contributed by atoms with Crippen molar-refractivity contribution in [3.63, 3.8) is 0 Å². The lowest BCUT2D eigenvalue weighted by molar-refractivity contribution is -0.264. The van der Waals surface area contributed by atoms with E-state index in [1.54, 1.807) is 6.92 Å². The molecule has 0 aliphatic heterocycles. The molecule has 1 rings (SSSR count). The van der Waals surface area contributed by atoms with Crippen molar-refractivity contribution in [2.45, 2.75) is 83.6 Å². The molecule has 3 atom stereocenters. The van der Waals surface area contributed by atoms with Crippen LogP contribution in [0, 0.1) is 11.8 Å². The lowest BCUT2D eigenvalue weighted by Gasteiger charge is -2.36. The monoisotopic (exact) mass is 324 g/mol. The minimum Gasteiger partial charge on any atom is -0.462 e. The van der Waals surface area contributed by atoms with Crippen LogP contribution in [-0.2, 0) is 9.53 Å². The van der Waals surface area contributed by atoms with Gasteiger partial charge in [0.05, 0.1) is 5.92 Å². The Bertz CT molecular complexity index is 360. The molecule has 1 N–H and O–H groups in total. The van der Waals surface area contributed by atoms with E-state index in [-0.39, 0.29) is 11.8 Å². The van der Waals surface area contributed by atoms with Crippen LogP contribution in [0.5, 0.6) is 0 Å². The van der Waals surface area contributed by atoms with Gasteiger partial charge in [-0.05, 0) is 32.1 Å². The number of hydrogen-bond acceptors (Lipinski definition) is 3. The van der Waals surface area contributed by atoms with Gasteiger partial charge in [-0.25, -0.2) is 0 Å². The molecule has 3 unspecified atom stereocenters. The SMILES string of the molecule is CCC(C)C(=O)OC(CC(C)(O)C(F)(F)F)C1CCCCC1. The first-order chi connectivity index (χ1) is 10.1. The molecule has 0 amide bonds. The Hall–Kier alpha value is -0.780. The lowest BCUT2D eigenvalue weighted by atomic mass is 9.81. The van der Waals surface area contributed by atoms with Gasteiger partial charge < -0.3 is 9.84 Å². The summed E-state index contributed by atoms with van der Waals surface area (Å²) in [5.41, 5.74) is -2.84. The number of carbonyl (C=O) groups is 1. The van der Waals surface area contributed by atoms with E-state index in [0.717, 1.165) is 39.0 Å². The second-order valence-electron chi connectivity index (χ2n) is 6.66. The molecule has 0 saturated heterocycles. The van der Waals surface area contributed by atoms with Gasteiger partial charge in [0.1, 0.15) is 6.10 Å². The highest BCUT2D eigenvalue weighted by molar-refractivity contribution is 5.72. The van der Waals surface area contributed by atoms with E-state index in [0.29, 0.717) is 6.42 Å². The molecule has 6 heteroatoms. The van der Waals surface area contributed by atoms with Crippen molar-refractivity contribution < 1.29 is 27.8 Å². The average molecular weight is 324 g/mol. The summed E-state index contributed by atoms with van der Waals surface area (Å²) in [7, 11) is 0. The lowest BCUT2D eigenvalue weighted by Crippen LogP contribution is -2.47. The topological polar surface area (TPSA) is 46.5 Å². The van der Waals surface area contributed by atoms with Gasteiger partial charge in [-0.1, -0.05) is 33.1 Å². The molecule has 0 bridgehead atoms. The van der Waals surface area contributed by atoms with E-state index in [4.69, 9.17) is 4.74 Å². The van der Waals surface area contributed by atoms with E-state index < -0.39 is 30.3 Å². The Kier molecular flexibility index (Phi) is 6.71. The molecule has 1 aliphatic rings. The third-order valence-corrected chi connectivity index (χ3v) is 4.67. The molecule has 0 heterocycles. The van der Waals surface area contributed by atoms with Gasteiger partial charge in [0, 0.05) is 6.42 Å². The highest BCUT2D eigenvalue weighted by Gasteiger charge is 2.52. The number of esters is 1.